The third kappa shape index (κ3) is 2.64. The topological polar surface area (TPSA) is 69.6 Å². The number of rotatable bonds is 4. The lowest BCUT2D eigenvalue weighted by molar-refractivity contribution is -0.121. The fraction of sp³-hybridized carbons (Fsp3) is 0.412. The zero-order chi connectivity index (χ0) is 15.7. The molecular weight excluding hydrogens is 280 g/mol. The van der Waals surface area contributed by atoms with Gasteiger partial charge >= 0.3 is 0 Å². The molecule has 2 aliphatic rings. The fourth-order valence-corrected chi connectivity index (χ4v) is 3.20. The Morgan fingerprint density at radius 2 is 2.05 bits per heavy atom. The lowest BCUT2D eigenvalue weighted by Gasteiger charge is -2.19. The van der Waals surface area contributed by atoms with Gasteiger partial charge in [0.15, 0.2) is 0 Å². The van der Waals surface area contributed by atoms with Crippen molar-refractivity contribution in [3.8, 4) is 0 Å². The number of aliphatic hydroxyl groups is 1. The van der Waals surface area contributed by atoms with E-state index in [0.29, 0.717) is 17.8 Å². The highest BCUT2D eigenvalue weighted by Crippen LogP contribution is 2.30. The summed E-state index contributed by atoms with van der Waals surface area (Å²) in [5, 5.41) is 12.6. The Kier molecular flexibility index (Phi) is 3.98. The number of fused-ring (bicyclic) bond motifs is 1. The van der Waals surface area contributed by atoms with E-state index in [0.717, 1.165) is 24.8 Å². The number of carbonyl (C=O) groups is 2. The molecule has 1 saturated carbocycles. The lowest BCUT2D eigenvalue weighted by atomic mass is 10.1. The van der Waals surface area contributed by atoms with E-state index < -0.39 is 0 Å². The van der Waals surface area contributed by atoms with Gasteiger partial charge in [-0.2, -0.15) is 0 Å². The number of nitrogens with zero attached hydrogens (tertiary/aromatic N) is 1. The van der Waals surface area contributed by atoms with Crippen LogP contribution in [0.1, 0.15) is 35.2 Å². The SMILES string of the molecule is C=C1c2ccccc2C(=O)N1CC(=O)NCC1CCCC1O. The standard InChI is InChI=1S/C17H20N2O3/c1-11-13-6-2-3-7-14(13)17(22)19(11)10-16(21)18-9-12-5-4-8-15(12)20/h2-3,6-7,12,15,20H,1,4-5,8-10H2,(H,18,21). The Bertz CT molecular complexity index is 591. The summed E-state index contributed by atoms with van der Waals surface area (Å²) in [5.74, 6) is -0.281. The van der Waals surface area contributed by atoms with Crippen molar-refractivity contribution in [2.75, 3.05) is 13.1 Å². The second-order valence-corrected chi connectivity index (χ2v) is 5.95. The first-order chi connectivity index (χ1) is 10.6. The van der Waals surface area contributed by atoms with E-state index in [4.69, 9.17) is 0 Å². The first-order valence-corrected chi connectivity index (χ1v) is 7.63. The molecule has 1 heterocycles. The lowest BCUT2D eigenvalue weighted by Crippen LogP contribution is -2.39. The van der Waals surface area contributed by atoms with Crippen LogP contribution in [0.4, 0.5) is 0 Å². The van der Waals surface area contributed by atoms with Gasteiger partial charge in [-0.1, -0.05) is 31.2 Å². The van der Waals surface area contributed by atoms with E-state index in [1.54, 1.807) is 12.1 Å². The molecule has 1 aliphatic heterocycles. The number of aliphatic hydroxyl groups excluding tert-OH is 1. The molecule has 1 aliphatic carbocycles. The third-order valence-corrected chi connectivity index (χ3v) is 4.52. The molecule has 3 rings (SSSR count). The van der Waals surface area contributed by atoms with Crippen LogP contribution in [0.5, 0.6) is 0 Å². The minimum absolute atomic E-state index is 0.0326. The van der Waals surface area contributed by atoms with Crippen molar-refractivity contribution in [1.29, 1.82) is 0 Å². The molecule has 5 heteroatoms. The van der Waals surface area contributed by atoms with Gasteiger partial charge in [-0.25, -0.2) is 0 Å². The van der Waals surface area contributed by atoms with Crippen LogP contribution in [-0.2, 0) is 4.79 Å². The molecule has 2 amide bonds. The van der Waals surface area contributed by atoms with Crippen molar-refractivity contribution in [1.82, 2.24) is 10.2 Å². The maximum absolute atomic E-state index is 12.3. The largest absolute Gasteiger partial charge is 0.393 e. The fourth-order valence-electron chi connectivity index (χ4n) is 3.20. The molecule has 0 radical (unpaired) electrons. The molecule has 2 atom stereocenters. The van der Waals surface area contributed by atoms with Crippen LogP contribution in [0.25, 0.3) is 5.70 Å². The number of carbonyl (C=O) groups excluding carboxylic acids is 2. The van der Waals surface area contributed by atoms with Gasteiger partial charge in [-0.15, -0.1) is 0 Å². The van der Waals surface area contributed by atoms with Crippen molar-refractivity contribution in [3.63, 3.8) is 0 Å². The molecule has 1 fully saturated rings. The average Bonchev–Trinajstić information content (AvgIpc) is 3.03. The predicted octanol–water partition coefficient (Wildman–Crippen LogP) is 1.39. The number of nitrogens with one attached hydrogen (secondary N) is 1. The van der Waals surface area contributed by atoms with Crippen molar-refractivity contribution < 1.29 is 14.7 Å². The van der Waals surface area contributed by atoms with Gasteiger partial charge in [-0.05, 0) is 18.9 Å². The van der Waals surface area contributed by atoms with Gasteiger partial charge in [-0.3, -0.25) is 14.5 Å². The average molecular weight is 300 g/mol. The van der Waals surface area contributed by atoms with Crippen LogP contribution in [0.15, 0.2) is 30.8 Å². The number of hydrogen-bond acceptors (Lipinski definition) is 3. The summed E-state index contributed by atoms with van der Waals surface area (Å²) in [6.07, 6.45) is 2.41. The monoisotopic (exact) mass is 300 g/mol. The van der Waals surface area contributed by atoms with E-state index in [1.807, 2.05) is 12.1 Å². The van der Waals surface area contributed by atoms with Crippen molar-refractivity contribution in [2.45, 2.75) is 25.4 Å². The predicted molar refractivity (Wildman–Crippen MR) is 82.9 cm³/mol. The highest BCUT2D eigenvalue weighted by molar-refractivity contribution is 6.10. The van der Waals surface area contributed by atoms with Crippen LogP contribution in [-0.4, -0.2) is 41.0 Å². The molecule has 22 heavy (non-hydrogen) atoms. The van der Waals surface area contributed by atoms with Gasteiger partial charge in [0.05, 0.1) is 6.10 Å². The molecule has 5 nitrogen and oxygen atoms in total. The summed E-state index contributed by atoms with van der Waals surface area (Å²) >= 11 is 0. The Labute approximate surface area is 129 Å². The van der Waals surface area contributed by atoms with E-state index in [1.165, 1.54) is 4.90 Å². The Morgan fingerprint density at radius 1 is 1.32 bits per heavy atom. The summed E-state index contributed by atoms with van der Waals surface area (Å²) in [6, 6.07) is 7.23. The summed E-state index contributed by atoms with van der Waals surface area (Å²) in [7, 11) is 0. The third-order valence-electron chi connectivity index (χ3n) is 4.52. The minimum atomic E-state index is -0.326. The molecule has 0 bridgehead atoms. The number of hydrogen-bond donors (Lipinski definition) is 2. The second-order valence-electron chi connectivity index (χ2n) is 5.95. The van der Waals surface area contributed by atoms with E-state index in [9.17, 15) is 14.7 Å². The number of amides is 2. The smallest absolute Gasteiger partial charge is 0.259 e. The van der Waals surface area contributed by atoms with Gasteiger partial charge in [0.2, 0.25) is 5.91 Å². The van der Waals surface area contributed by atoms with Crippen LogP contribution in [0, 0.1) is 5.92 Å². The normalized spacial score (nSPS) is 23.8. The molecule has 116 valence electrons. The van der Waals surface area contributed by atoms with Gasteiger partial charge < -0.3 is 10.4 Å². The van der Waals surface area contributed by atoms with Crippen LogP contribution >= 0.6 is 0 Å². The maximum Gasteiger partial charge on any atom is 0.259 e. The molecule has 0 aromatic heterocycles. The van der Waals surface area contributed by atoms with Gasteiger partial charge in [0, 0.05) is 29.3 Å². The second kappa shape index (κ2) is 5.93. The quantitative estimate of drug-likeness (QED) is 0.883. The molecule has 0 spiro atoms. The molecule has 0 saturated heterocycles. The summed E-state index contributed by atoms with van der Waals surface area (Å²) in [4.78, 5) is 25.8. The van der Waals surface area contributed by atoms with E-state index in [2.05, 4.69) is 11.9 Å². The Balaban J connectivity index is 1.58. The van der Waals surface area contributed by atoms with Crippen LogP contribution < -0.4 is 5.32 Å². The summed E-state index contributed by atoms with van der Waals surface area (Å²) in [6.45, 7) is 4.34. The molecule has 2 unspecified atom stereocenters. The molecule has 1 aromatic carbocycles. The highest BCUT2D eigenvalue weighted by atomic mass is 16.3. The minimum Gasteiger partial charge on any atom is -0.393 e. The van der Waals surface area contributed by atoms with Crippen molar-refractivity contribution in [2.24, 2.45) is 5.92 Å². The van der Waals surface area contributed by atoms with E-state index >= 15 is 0 Å². The van der Waals surface area contributed by atoms with Gasteiger partial charge in [0.1, 0.15) is 6.54 Å². The maximum atomic E-state index is 12.3. The molecular formula is C17H20N2O3. The van der Waals surface area contributed by atoms with Crippen molar-refractivity contribution in [3.05, 3.63) is 42.0 Å². The summed E-state index contributed by atoms with van der Waals surface area (Å²) in [5.41, 5.74) is 1.94. The Hall–Kier alpha value is -2.14. The van der Waals surface area contributed by atoms with E-state index in [-0.39, 0.29) is 30.4 Å². The zero-order valence-corrected chi connectivity index (χ0v) is 12.4. The van der Waals surface area contributed by atoms with Crippen molar-refractivity contribution >= 4 is 17.5 Å². The van der Waals surface area contributed by atoms with Gasteiger partial charge in [0.25, 0.3) is 5.91 Å². The summed E-state index contributed by atoms with van der Waals surface area (Å²) < 4.78 is 0. The Morgan fingerprint density at radius 3 is 2.68 bits per heavy atom. The zero-order valence-electron chi connectivity index (χ0n) is 12.4. The van der Waals surface area contributed by atoms with Crippen LogP contribution in [0.3, 0.4) is 0 Å². The molecule has 2 N–H and O–H groups in total. The molecule has 1 aromatic rings. The highest BCUT2D eigenvalue weighted by Gasteiger charge is 2.32. The first kappa shape index (κ1) is 14.8. The number of benzene rings is 1. The first-order valence-electron chi connectivity index (χ1n) is 7.63. The van der Waals surface area contributed by atoms with Crippen LogP contribution in [0.2, 0.25) is 0 Å².